The lowest BCUT2D eigenvalue weighted by Crippen LogP contribution is -2.37. The molecule has 0 bridgehead atoms. The molecule has 0 spiro atoms. The summed E-state index contributed by atoms with van der Waals surface area (Å²) in [6, 6.07) is 10.4. The van der Waals surface area contributed by atoms with Gasteiger partial charge in [0.25, 0.3) is 0 Å². The Morgan fingerprint density at radius 1 is 1.06 bits per heavy atom. The Morgan fingerprint density at radius 3 is 2.22 bits per heavy atom. The smallest absolute Gasteiger partial charge is 0.153 e. The van der Waals surface area contributed by atoms with Gasteiger partial charge in [-0.15, -0.1) is 0 Å². The van der Waals surface area contributed by atoms with Crippen molar-refractivity contribution in [3.8, 4) is 0 Å². The molecule has 1 aliphatic rings. The first-order valence-corrected chi connectivity index (χ1v) is 6.18. The minimum atomic E-state index is -0.0390. The monoisotopic (exact) mass is 238 g/mol. The highest BCUT2D eigenvalue weighted by Gasteiger charge is 2.42. The van der Waals surface area contributed by atoms with Crippen molar-refractivity contribution in [1.82, 2.24) is 9.97 Å². The summed E-state index contributed by atoms with van der Waals surface area (Å²) in [4.78, 5) is 19.4. The molecule has 18 heavy (non-hydrogen) atoms. The normalized spacial score (nSPS) is 16.9. The third kappa shape index (κ3) is 1.63. The van der Waals surface area contributed by atoms with Crippen LogP contribution in [0.2, 0.25) is 0 Å². The van der Waals surface area contributed by atoms with E-state index in [1.54, 1.807) is 12.4 Å². The Labute approximate surface area is 106 Å². The quantitative estimate of drug-likeness (QED) is 0.772. The molecule has 1 aliphatic carbocycles. The lowest BCUT2D eigenvalue weighted by atomic mass is 9.64. The fourth-order valence-electron chi connectivity index (χ4n) is 2.57. The highest BCUT2D eigenvalue weighted by molar-refractivity contribution is 5.73. The van der Waals surface area contributed by atoms with Crippen LogP contribution in [-0.4, -0.2) is 16.3 Å². The number of aldehydes is 1. The van der Waals surface area contributed by atoms with Crippen molar-refractivity contribution in [2.24, 2.45) is 0 Å². The molecule has 90 valence electrons. The summed E-state index contributed by atoms with van der Waals surface area (Å²) in [5.41, 5.74) is 1.76. The van der Waals surface area contributed by atoms with Gasteiger partial charge in [0.1, 0.15) is 5.82 Å². The average molecular weight is 238 g/mol. The predicted molar refractivity (Wildman–Crippen MR) is 68.5 cm³/mol. The average Bonchev–Trinajstić information content (AvgIpc) is 2.40. The van der Waals surface area contributed by atoms with E-state index in [0.717, 1.165) is 25.0 Å². The Kier molecular flexibility index (Phi) is 2.67. The SMILES string of the molecule is O=Cc1cnc(C2(c3ccccc3)CCC2)nc1. The molecule has 1 fully saturated rings. The first-order chi connectivity index (χ1) is 8.85. The van der Waals surface area contributed by atoms with Crippen molar-refractivity contribution in [1.29, 1.82) is 0 Å². The van der Waals surface area contributed by atoms with E-state index in [4.69, 9.17) is 0 Å². The Bertz CT molecular complexity index is 544. The number of carbonyl (C=O) groups excluding carboxylic acids is 1. The van der Waals surface area contributed by atoms with Crippen molar-refractivity contribution in [3.63, 3.8) is 0 Å². The van der Waals surface area contributed by atoms with E-state index in [1.165, 1.54) is 12.0 Å². The molecule has 3 nitrogen and oxygen atoms in total. The minimum Gasteiger partial charge on any atom is -0.298 e. The molecule has 0 aliphatic heterocycles. The first kappa shape index (κ1) is 11.1. The van der Waals surface area contributed by atoms with Crippen molar-refractivity contribution in [2.75, 3.05) is 0 Å². The maximum Gasteiger partial charge on any atom is 0.153 e. The molecule has 0 radical (unpaired) electrons. The fraction of sp³-hybridized carbons (Fsp3) is 0.267. The van der Waals surface area contributed by atoms with Crippen LogP contribution in [0.15, 0.2) is 42.7 Å². The van der Waals surface area contributed by atoms with Crippen LogP contribution < -0.4 is 0 Å². The molecule has 0 N–H and O–H groups in total. The topological polar surface area (TPSA) is 42.9 Å². The Balaban J connectivity index is 2.03. The van der Waals surface area contributed by atoms with Crippen LogP contribution in [0.25, 0.3) is 0 Å². The second kappa shape index (κ2) is 4.33. The summed E-state index contributed by atoms with van der Waals surface area (Å²) in [6.45, 7) is 0. The Morgan fingerprint density at radius 2 is 1.72 bits per heavy atom. The van der Waals surface area contributed by atoms with E-state index in [0.29, 0.717) is 5.56 Å². The van der Waals surface area contributed by atoms with Crippen molar-refractivity contribution in [2.45, 2.75) is 24.7 Å². The highest BCUT2D eigenvalue weighted by Crippen LogP contribution is 2.47. The van der Waals surface area contributed by atoms with Gasteiger partial charge in [0.15, 0.2) is 6.29 Å². The molecule has 0 saturated heterocycles. The number of benzene rings is 1. The number of hydrogen-bond donors (Lipinski definition) is 0. The zero-order valence-electron chi connectivity index (χ0n) is 10.0. The van der Waals surface area contributed by atoms with Crippen LogP contribution in [0.5, 0.6) is 0 Å². The van der Waals surface area contributed by atoms with Gasteiger partial charge in [-0.05, 0) is 18.4 Å². The van der Waals surface area contributed by atoms with Gasteiger partial charge in [0, 0.05) is 12.4 Å². The molecule has 1 aromatic heterocycles. The summed E-state index contributed by atoms with van der Waals surface area (Å²) in [7, 11) is 0. The van der Waals surface area contributed by atoms with Gasteiger partial charge in [-0.3, -0.25) is 4.79 Å². The zero-order valence-corrected chi connectivity index (χ0v) is 10.0. The lowest BCUT2D eigenvalue weighted by Gasteiger charge is -2.40. The van der Waals surface area contributed by atoms with Crippen LogP contribution in [-0.2, 0) is 5.41 Å². The molecule has 0 amide bonds. The molecular weight excluding hydrogens is 224 g/mol. The molecule has 1 heterocycles. The molecule has 1 saturated carbocycles. The summed E-state index contributed by atoms with van der Waals surface area (Å²) in [5.74, 6) is 0.838. The number of carbonyl (C=O) groups is 1. The van der Waals surface area contributed by atoms with Crippen molar-refractivity contribution >= 4 is 6.29 Å². The van der Waals surface area contributed by atoms with Crippen molar-refractivity contribution in [3.05, 3.63) is 59.7 Å². The van der Waals surface area contributed by atoms with E-state index in [1.807, 2.05) is 6.07 Å². The van der Waals surface area contributed by atoms with Crippen LogP contribution in [0.3, 0.4) is 0 Å². The third-order valence-electron chi connectivity index (χ3n) is 3.77. The van der Waals surface area contributed by atoms with Crippen LogP contribution in [0.1, 0.15) is 41.0 Å². The van der Waals surface area contributed by atoms with Gasteiger partial charge in [-0.2, -0.15) is 0 Å². The Hall–Kier alpha value is -2.03. The largest absolute Gasteiger partial charge is 0.298 e. The minimum absolute atomic E-state index is 0.0390. The number of rotatable bonds is 3. The van der Waals surface area contributed by atoms with Crippen LogP contribution >= 0.6 is 0 Å². The fourth-order valence-corrected chi connectivity index (χ4v) is 2.57. The van der Waals surface area contributed by atoms with Crippen LogP contribution in [0, 0.1) is 0 Å². The molecule has 0 atom stereocenters. The standard InChI is InChI=1S/C15H14N2O/c18-11-12-9-16-14(17-10-12)15(7-4-8-15)13-5-2-1-3-6-13/h1-3,5-6,9-11H,4,7-8H2. The maximum atomic E-state index is 10.6. The van der Waals surface area contributed by atoms with Crippen molar-refractivity contribution < 1.29 is 4.79 Å². The lowest BCUT2D eigenvalue weighted by molar-refractivity contribution is 0.112. The van der Waals surface area contributed by atoms with Gasteiger partial charge in [-0.25, -0.2) is 9.97 Å². The van der Waals surface area contributed by atoms with E-state index >= 15 is 0 Å². The maximum absolute atomic E-state index is 10.6. The van der Waals surface area contributed by atoms with Gasteiger partial charge >= 0.3 is 0 Å². The molecule has 3 rings (SSSR count). The first-order valence-electron chi connectivity index (χ1n) is 6.18. The van der Waals surface area contributed by atoms with E-state index in [-0.39, 0.29) is 5.41 Å². The van der Waals surface area contributed by atoms with E-state index in [2.05, 4.69) is 34.2 Å². The number of aromatic nitrogens is 2. The summed E-state index contributed by atoms with van der Waals surface area (Å²) in [6.07, 6.45) is 7.36. The predicted octanol–water partition coefficient (Wildman–Crippen LogP) is 2.76. The summed E-state index contributed by atoms with van der Waals surface area (Å²) < 4.78 is 0. The van der Waals surface area contributed by atoms with Gasteiger partial charge in [0.05, 0.1) is 11.0 Å². The molecule has 1 aromatic carbocycles. The zero-order chi connectivity index (χ0) is 12.4. The summed E-state index contributed by atoms with van der Waals surface area (Å²) in [5, 5.41) is 0. The van der Waals surface area contributed by atoms with Crippen LogP contribution in [0.4, 0.5) is 0 Å². The summed E-state index contributed by atoms with van der Waals surface area (Å²) >= 11 is 0. The molecule has 2 aromatic rings. The van der Waals surface area contributed by atoms with Gasteiger partial charge < -0.3 is 0 Å². The second-order valence-corrected chi connectivity index (χ2v) is 4.76. The number of hydrogen-bond acceptors (Lipinski definition) is 3. The molecule has 0 unspecified atom stereocenters. The molecular formula is C15H14N2O. The van der Waals surface area contributed by atoms with E-state index < -0.39 is 0 Å². The number of nitrogens with zero attached hydrogens (tertiary/aromatic N) is 2. The van der Waals surface area contributed by atoms with E-state index in [9.17, 15) is 4.79 Å². The highest BCUT2D eigenvalue weighted by atomic mass is 16.1. The molecule has 3 heteroatoms. The van der Waals surface area contributed by atoms with Gasteiger partial charge in [-0.1, -0.05) is 36.8 Å². The third-order valence-corrected chi connectivity index (χ3v) is 3.77. The van der Waals surface area contributed by atoms with Gasteiger partial charge in [0.2, 0.25) is 0 Å². The second-order valence-electron chi connectivity index (χ2n) is 4.76.